The minimum Gasteiger partial charge on any atom is -0.357 e. The van der Waals surface area contributed by atoms with Gasteiger partial charge < -0.3 is 10.6 Å². The van der Waals surface area contributed by atoms with Crippen LogP contribution < -0.4 is 10.6 Å². The summed E-state index contributed by atoms with van der Waals surface area (Å²) in [5.41, 5.74) is 1.25. The lowest BCUT2D eigenvalue weighted by Gasteiger charge is -2.30. The minimum atomic E-state index is 0.663. The summed E-state index contributed by atoms with van der Waals surface area (Å²) in [7, 11) is 0. The highest BCUT2D eigenvalue weighted by atomic mass is 32.1. The van der Waals surface area contributed by atoms with Crippen molar-refractivity contribution >= 4 is 17.3 Å². The van der Waals surface area contributed by atoms with Crippen LogP contribution in [0.3, 0.4) is 0 Å². The fraction of sp³-hybridized carbons (Fsp3) is 0.778. The van der Waals surface area contributed by atoms with E-state index in [1.807, 2.05) is 0 Å². The zero-order chi connectivity index (χ0) is 16.8. The van der Waals surface area contributed by atoms with E-state index in [-0.39, 0.29) is 0 Å². The quantitative estimate of drug-likeness (QED) is 0.587. The molecule has 5 nitrogen and oxygen atoms in total. The molecule has 0 amide bonds. The third-order valence-electron chi connectivity index (χ3n) is 4.76. The Labute approximate surface area is 150 Å². The van der Waals surface area contributed by atoms with Gasteiger partial charge in [-0.2, -0.15) is 0 Å². The van der Waals surface area contributed by atoms with Crippen molar-refractivity contribution in [3.8, 4) is 0 Å². The Balaban J connectivity index is 1.40. The van der Waals surface area contributed by atoms with Gasteiger partial charge in [-0.15, -0.1) is 11.3 Å². The van der Waals surface area contributed by atoms with Gasteiger partial charge in [-0.1, -0.05) is 6.92 Å². The van der Waals surface area contributed by atoms with Crippen molar-refractivity contribution in [1.82, 2.24) is 20.5 Å². The van der Waals surface area contributed by atoms with Gasteiger partial charge in [-0.05, 0) is 58.0 Å². The Morgan fingerprint density at radius 2 is 2.08 bits per heavy atom. The van der Waals surface area contributed by atoms with E-state index in [1.54, 1.807) is 11.3 Å². The zero-order valence-corrected chi connectivity index (χ0v) is 15.9. The number of piperidine rings is 1. The lowest BCUT2D eigenvalue weighted by molar-refractivity contribution is 0.179. The molecule has 2 N–H and O–H groups in total. The molecule has 2 heterocycles. The highest BCUT2D eigenvalue weighted by Crippen LogP contribution is 2.21. The molecular formula is C18H31N5S. The molecule has 1 aromatic rings. The number of hydrogen-bond donors (Lipinski definition) is 2. The monoisotopic (exact) mass is 349 g/mol. The number of aliphatic imine (C=N–C) groups is 1. The van der Waals surface area contributed by atoms with Gasteiger partial charge >= 0.3 is 0 Å². The van der Waals surface area contributed by atoms with Crippen molar-refractivity contribution in [3.05, 3.63) is 16.1 Å². The Morgan fingerprint density at radius 3 is 2.71 bits per heavy atom. The maximum Gasteiger partial charge on any atom is 0.191 e. The number of likely N-dealkylation sites (tertiary alicyclic amines) is 1. The van der Waals surface area contributed by atoms with Crippen LogP contribution in [-0.4, -0.2) is 48.1 Å². The second-order valence-corrected chi connectivity index (χ2v) is 7.89. The van der Waals surface area contributed by atoms with Crippen LogP contribution in [0.25, 0.3) is 0 Å². The maximum absolute atomic E-state index is 4.81. The summed E-state index contributed by atoms with van der Waals surface area (Å²) in [6, 6.07) is 0.663. The molecule has 0 unspecified atom stereocenters. The first-order valence-electron chi connectivity index (χ1n) is 9.47. The Bertz CT molecular complexity index is 529. The molecule has 1 aromatic heterocycles. The third kappa shape index (κ3) is 5.45. The van der Waals surface area contributed by atoms with E-state index in [2.05, 4.69) is 34.8 Å². The summed E-state index contributed by atoms with van der Waals surface area (Å²) >= 11 is 1.79. The molecule has 0 aromatic carbocycles. The molecule has 0 radical (unpaired) electrons. The smallest absolute Gasteiger partial charge is 0.191 e. The van der Waals surface area contributed by atoms with E-state index < -0.39 is 0 Å². The van der Waals surface area contributed by atoms with Gasteiger partial charge in [0.2, 0.25) is 0 Å². The third-order valence-corrected chi connectivity index (χ3v) is 5.81. The van der Waals surface area contributed by atoms with Gasteiger partial charge in [-0.25, -0.2) is 4.98 Å². The molecule has 6 heteroatoms. The molecule has 0 spiro atoms. The average molecular weight is 350 g/mol. The molecule has 134 valence electrons. The number of aryl methyl sites for hydroxylation is 1. The van der Waals surface area contributed by atoms with Crippen LogP contribution in [0.2, 0.25) is 0 Å². The van der Waals surface area contributed by atoms with E-state index >= 15 is 0 Å². The summed E-state index contributed by atoms with van der Waals surface area (Å²) in [4.78, 5) is 12.0. The molecule has 1 aliphatic heterocycles. The number of thiazole rings is 1. The van der Waals surface area contributed by atoms with E-state index in [1.165, 1.54) is 49.5 Å². The van der Waals surface area contributed by atoms with Gasteiger partial charge in [0.25, 0.3) is 0 Å². The average Bonchev–Trinajstić information content (AvgIpc) is 3.30. The Kier molecular flexibility index (Phi) is 6.49. The fourth-order valence-electron chi connectivity index (χ4n) is 3.10. The molecule has 2 aliphatic rings. The summed E-state index contributed by atoms with van der Waals surface area (Å²) in [6.07, 6.45) is 6.13. The van der Waals surface area contributed by atoms with Gasteiger partial charge in [0, 0.05) is 31.1 Å². The van der Waals surface area contributed by atoms with Gasteiger partial charge in [0.05, 0.1) is 10.7 Å². The lowest BCUT2D eigenvalue weighted by atomic mass is 9.97. The molecule has 0 atom stereocenters. The fourth-order valence-corrected chi connectivity index (χ4v) is 3.84. The maximum atomic E-state index is 4.81. The Morgan fingerprint density at radius 1 is 1.29 bits per heavy atom. The van der Waals surface area contributed by atoms with Gasteiger partial charge in [0.15, 0.2) is 5.96 Å². The lowest BCUT2D eigenvalue weighted by Crippen LogP contribution is -2.39. The number of guanidine groups is 1. The zero-order valence-electron chi connectivity index (χ0n) is 15.1. The van der Waals surface area contributed by atoms with Gasteiger partial charge in [-0.3, -0.25) is 9.89 Å². The SMILES string of the molecule is CCNC(=NCC1CCN(Cc2csc(CC)n2)CC1)NC1CC1. The first kappa shape index (κ1) is 17.7. The van der Waals surface area contributed by atoms with E-state index in [4.69, 9.17) is 9.98 Å². The van der Waals surface area contributed by atoms with Crippen molar-refractivity contribution in [1.29, 1.82) is 0 Å². The van der Waals surface area contributed by atoms with Crippen LogP contribution in [0.4, 0.5) is 0 Å². The standard InChI is InChI=1S/C18H31N5S/c1-3-17-21-16(13-24-17)12-23-9-7-14(8-10-23)11-20-18(19-4-2)22-15-5-6-15/h13-15H,3-12H2,1-2H3,(H2,19,20,22). The van der Waals surface area contributed by atoms with Crippen LogP contribution in [0.15, 0.2) is 10.4 Å². The van der Waals surface area contributed by atoms with Crippen LogP contribution in [0.5, 0.6) is 0 Å². The van der Waals surface area contributed by atoms with Crippen LogP contribution >= 0.6 is 11.3 Å². The number of hydrogen-bond acceptors (Lipinski definition) is 4. The van der Waals surface area contributed by atoms with Crippen LogP contribution in [0.1, 0.15) is 50.2 Å². The Hall–Kier alpha value is -1.14. The predicted octanol–water partition coefficient (Wildman–Crippen LogP) is 2.64. The second kappa shape index (κ2) is 8.81. The van der Waals surface area contributed by atoms with Crippen LogP contribution in [0, 0.1) is 5.92 Å². The summed E-state index contributed by atoms with van der Waals surface area (Å²) in [6.45, 7) is 9.55. The predicted molar refractivity (Wildman–Crippen MR) is 102 cm³/mol. The molecule has 1 saturated carbocycles. The van der Waals surface area contributed by atoms with Crippen molar-refractivity contribution in [2.75, 3.05) is 26.2 Å². The van der Waals surface area contributed by atoms with E-state index in [0.29, 0.717) is 6.04 Å². The molecule has 2 fully saturated rings. The number of nitrogens with one attached hydrogen (secondary N) is 2. The number of rotatable bonds is 7. The van der Waals surface area contributed by atoms with E-state index in [0.717, 1.165) is 37.9 Å². The summed E-state index contributed by atoms with van der Waals surface area (Å²) < 4.78 is 0. The summed E-state index contributed by atoms with van der Waals surface area (Å²) in [5, 5.41) is 10.3. The normalized spacial score (nSPS) is 20.3. The van der Waals surface area contributed by atoms with Crippen molar-refractivity contribution in [2.45, 2.75) is 58.5 Å². The van der Waals surface area contributed by atoms with Gasteiger partial charge in [0.1, 0.15) is 0 Å². The molecule has 1 saturated heterocycles. The van der Waals surface area contributed by atoms with Crippen molar-refractivity contribution in [3.63, 3.8) is 0 Å². The highest BCUT2D eigenvalue weighted by Gasteiger charge is 2.23. The summed E-state index contributed by atoms with van der Waals surface area (Å²) in [5.74, 6) is 1.73. The number of aromatic nitrogens is 1. The first-order chi connectivity index (χ1) is 11.8. The van der Waals surface area contributed by atoms with E-state index in [9.17, 15) is 0 Å². The molecule has 1 aliphatic carbocycles. The molecular weight excluding hydrogens is 318 g/mol. The minimum absolute atomic E-state index is 0.663. The molecule has 24 heavy (non-hydrogen) atoms. The first-order valence-corrected chi connectivity index (χ1v) is 10.3. The topological polar surface area (TPSA) is 52.6 Å². The van der Waals surface area contributed by atoms with Crippen molar-refractivity contribution in [2.24, 2.45) is 10.9 Å². The van der Waals surface area contributed by atoms with Crippen molar-refractivity contribution < 1.29 is 0 Å². The van der Waals surface area contributed by atoms with Crippen LogP contribution in [-0.2, 0) is 13.0 Å². The highest BCUT2D eigenvalue weighted by molar-refractivity contribution is 7.09. The second-order valence-electron chi connectivity index (χ2n) is 6.94. The largest absolute Gasteiger partial charge is 0.357 e. The molecule has 3 rings (SSSR count). The number of nitrogens with zero attached hydrogens (tertiary/aromatic N) is 3. The molecule has 0 bridgehead atoms.